The van der Waals surface area contributed by atoms with Crippen LogP contribution in [0.5, 0.6) is 0 Å². The van der Waals surface area contributed by atoms with Crippen molar-refractivity contribution < 1.29 is 0 Å². The first-order valence-corrected chi connectivity index (χ1v) is 5.17. The van der Waals surface area contributed by atoms with Crippen molar-refractivity contribution in [1.29, 1.82) is 0 Å². The van der Waals surface area contributed by atoms with Gasteiger partial charge in [0.25, 0.3) is 0 Å². The molecule has 0 spiro atoms. The van der Waals surface area contributed by atoms with Gasteiger partial charge in [0, 0.05) is 12.1 Å². The first kappa shape index (κ1) is 10.0. The Bertz CT molecular complexity index is 123. The largest absolute Gasteiger partial charge is 0.316 e. The molecule has 1 unspecified atom stereocenters. The van der Waals surface area contributed by atoms with Crippen LogP contribution in [0.3, 0.4) is 0 Å². The summed E-state index contributed by atoms with van der Waals surface area (Å²) in [5.41, 5.74) is 0. The van der Waals surface area contributed by atoms with E-state index in [1.54, 1.807) is 0 Å². The zero-order valence-corrected chi connectivity index (χ0v) is 8.56. The van der Waals surface area contributed by atoms with Gasteiger partial charge in [-0.15, -0.1) is 0 Å². The van der Waals surface area contributed by atoms with Gasteiger partial charge in [-0.3, -0.25) is 0 Å². The summed E-state index contributed by atoms with van der Waals surface area (Å²) in [7, 11) is 0. The Morgan fingerprint density at radius 1 is 1.42 bits per heavy atom. The van der Waals surface area contributed by atoms with Gasteiger partial charge in [0.05, 0.1) is 0 Å². The van der Waals surface area contributed by atoms with Crippen LogP contribution in [-0.2, 0) is 0 Å². The lowest BCUT2D eigenvalue weighted by molar-refractivity contribution is 0.346. The van der Waals surface area contributed by atoms with Gasteiger partial charge in [0.15, 0.2) is 0 Å². The molecule has 12 heavy (non-hydrogen) atoms. The van der Waals surface area contributed by atoms with Crippen LogP contribution in [0, 0.1) is 5.92 Å². The predicted octanol–water partition coefficient (Wildman–Crippen LogP) is 1.37. The number of hydrogen-bond donors (Lipinski definition) is 2. The van der Waals surface area contributed by atoms with Crippen molar-refractivity contribution in [2.75, 3.05) is 13.1 Å². The van der Waals surface area contributed by atoms with Gasteiger partial charge in [-0.05, 0) is 31.8 Å². The average molecular weight is 170 g/mol. The molecular weight excluding hydrogens is 148 g/mol. The van der Waals surface area contributed by atoms with E-state index in [-0.39, 0.29) is 0 Å². The molecule has 0 bridgehead atoms. The quantitative estimate of drug-likeness (QED) is 0.654. The number of rotatable bonds is 2. The zero-order valence-electron chi connectivity index (χ0n) is 8.56. The highest BCUT2D eigenvalue weighted by molar-refractivity contribution is 4.79. The summed E-state index contributed by atoms with van der Waals surface area (Å²) in [5, 5.41) is 7.09. The molecule has 1 saturated heterocycles. The van der Waals surface area contributed by atoms with Gasteiger partial charge in [-0.1, -0.05) is 20.8 Å². The first-order valence-electron chi connectivity index (χ1n) is 5.17. The second-order valence-electron chi connectivity index (χ2n) is 4.25. The van der Waals surface area contributed by atoms with Gasteiger partial charge in [0.1, 0.15) is 0 Å². The van der Waals surface area contributed by atoms with E-state index in [0.29, 0.717) is 6.04 Å². The van der Waals surface area contributed by atoms with Gasteiger partial charge in [-0.25, -0.2) is 0 Å². The van der Waals surface area contributed by atoms with Crippen LogP contribution in [0.25, 0.3) is 0 Å². The third-order valence-corrected chi connectivity index (χ3v) is 2.57. The van der Waals surface area contributed by atoms with E-state index >= 15 is 0 Å². The van der Waals surface area contributed by atoms with E-state index in [0.717, 1.165) is 12.0 Å². The molecule has 0 amide bonds. The topological polar surface area (TPSA) is 24.1 Å². The van der Waals surface area contributed by atoms with E-state index < -0.39 is 0 Å². The van der Waals surface area contributed by atoms with Crippen LogP contribution < -0.4 is 10.6 Å². The Labute approximate surface area is 76.1 Å². The second-order valence-corrected chi connectivity index (χ2v) is 4.25. The Morgan fingerprint density at radius 2 is 2.17 bits per heavy atom. The molecule has 2 atom stereocenters. The summed E-state index contributed by atoms with van der Waals surface area (Å²) < 4.78 is 0. The fraction of sp³-hybridized carbons (Fsp3) is 1.00. The maximum atomic E-state index is 3.63. The summed E-state index contributed by atoms with van der Waals surface area (Å²) >= 11 is 0. The lowest BCUT2D eigenvalue weighted by atomic mass is 9.98. The molecule has 0 saturated carbocycles. The molecule has 72 valence electrons. The molecule has 0 radical (unpaired) electrons. The average Bonchev–Trinajstić information content (AvgIpc) is 2.16. The third-order valence-electron chi connectivity index (χ3n) is 2.57. The number of nitrogens with one attached hydrogen (secondary N) is 2. The van der Waals surface area contributed by atoms with Crippen LogP contribution in [0.2, 0.25) is 0 Å². The molecule has 0 aromatic rings. The highest BCUT2D eigenvalue weighted by Crippen LogP contribution is 2.12. The first-order chi connectivity index (χ1) is 5.70. The Balaban J connectivity index is 2.36. The number of hydrogen-bond acceptors (Lipinski definition) is 2. The smallest absolute Gasteiger partial charge is 0.0108 e. The predicted molar refractivity (Wildman–Crippen MR) is 53.3 cm³/mol. The van der Waals surface area contributed by atoms with Crippen LogP contribution >= 0.6 is 0 Å². The minimum atomic E-state index is 0.621. The molecule has 2 N–H and O–H groups in total. The highest BCUT2D eigenvalue weighted by Gasteiger charge is 2.19. The summed E-state index contributed by atoms with van der Waals surface area (Å²) in [4.78, 5) is 0. The molecule has 1 rings (SSSR count). The molecule has 1 fully saturated rings. The van der Waals surface area contributed by atoms with Gasteiger partial charge in [0.2, 0.25) is 0 Å². The monoisotopic (exact) mass is 170 g/mol. The Hall–Kier alpha value is -0.0800. The fourth-order valence-electron chi connectivity index (χ4n) is 1.88. The van der Waals surface area contributed by atoms with Gasteiger partial charge in [-0.2, -0.15) is 0 Å². The van der Waals surface area contributed by atoms with Crippen molar-refractivity contribution in [3.63, 3.8) is 0 Å². The molecule has 1 aliphatic heterocycles. The zero-order chi connectivity index (χ0) is 8.97. The molecular formula is C10H22N2. The summed E-state index contributed by atoms with van der Waals surface area (Å²) in [6.45, 7) is 9.15. The molecule has 0 aromatic carbocycles. The van der Waals surface area contributed by atoms with Crippen molar-refractivity contribution in [2.24, 2.45) is 5.92 Å². The fourth-order valence-corrected chi connectivity index (χ4v) is 1.88. The normalized spacial score (nSPS) is 32.0. The van der Waals surface area contributed by atoms with Crippen molar-refractivity contribution in [1.82, 2.24) is 10.6 Å². The van der Waals surface area contributed by atoms with Crippen LogP contribution in [0.1, 0.15) is 33.6 Å². The van der Waals surface area contributed by atoms with E-state index in [1.165, 1.54) is 25.9 Å². The SMILES string of the molecule is CC(C)NC1CCCNC[C@@H]1C. The molecule has 1 heterocycles. The van der Waals surface area contributed by atoms with Crippen LogP contribution in [0.15, 0.2) is 0 Å². The van der Waals surface area contributed by atoms with E-state index in [4.69, 9.17) is 0 Å². The van der Waals surface area contributed by atoms with Crippen LogP contribution in [-0.4, -0.2) is 25.2 Å². The molecule has 1 aliphatic rings. The van der Waals surface area contributed by atoms with E-state index in [9.17, 15) is 0 Å². The van der Waals surface area contributed by atoms with E-state index in [1.807, 2.05) is 0 Å². The Morgan fingerprint density at radius 3 is 2.83 bits per heavy atom. The van der Waals surface area contributed by atoms with E-state index in [2.05, 4.69) is 31.4 Å². The lowest BCUT2D eigenvalue weighted by Gasteiger charge is -2.24. The molecule has 0 aliphatic carbocycles. The minimum absolute atomic E-state index is 0.621. The highest BCUT2D eigenvalue weighted by atomic mass is 15.0. The maximum Gasteiger partial charge on any atom is 0.0108 e. The van der Waals surface area contributed by atoms with Gasteiger partial charge >= 0.3 is 0 Å². The van der Waals surface area contributed by atoms with Gasteiger partial charge < -0.3 is 10.6 Å². The standard InChI is InChI=1S/C10H22N2/c1-8(2)12-10-5-4-6-11-7-9(10)3/h8-12H,4-7H2,1-3H3/t9-,10?/m0/s1. The van der Waals surface area contributed by atoms with Crippen LogP contribution in [0.4, 0.5) is 0 Å². The van der Waals surface area contributed by atoms with Crippen molar-refractivity contribution in [2.45, 2.75) is 45.7 Å². The lowest BCUT2D eigenvalue weighted by Crippen LogP contribution is -2.40. The summed E-state index contributed by atoms with van der Waals surface area (Å²) in [6.07, 6.45) is 2.64. The molecule has 2 nitrogen and oxygen atoms in total. The minimum Gasteiger partial charge on any atom is -0.316 e. The molecule has 0 aromatic heterocycles. The van der Waals surface area contributed by atoms with Crippen molar-refractivity contribution >= 4 is 0 Å². The second kappa shape index (κ2) is 4.83. The Kier molecular flexibility index (Phi) is 4.02. The van der Waals surface area contributed by atoms with Crippen molar-refractivity contribution in [3.05, 3.63) is 0 Å². The summed E-state index contributed by atoms with van der Waals surface area (Å²) in [6, 6.07) is 1.34. The van der Waals surface area contributed by atoms with Crippen molar-refractivity contribution in [3.8, 4) is 0 Å². The maximum absolute atomic E-state index is 3.63. The summed E-state index contributed by atoms with van der Waals surface area (Å²) in [5.74, 6) is 0.773. The third kappa shape index (κ3) is 3.11. The molecule has 2 heteroatoms.